The molecule has 0 radical (unpaired) electrons. The summed E-state index contributed by atoms with van der Waals surface area (Å²) in [7, 11) is 0. The maximum Gasteiger partial charge on any atom is 0.0991 e. The molecule has 0 aliphatic carbocycles. The van der Waals surface area contributed by atoms with Gasteiger partial charge in [-0.05, 0) is 73.5 Å². The lowest BCUT2D eigenvalue weighted by Gasteiger charge is -2.08. The summed E-state index contributed by atoms with van der Waals surface area (Å²) in [5, 5.41) is 18.2. The van der Waals surface area contributed by atoms with Crippen LogP contribution in [0.1, 0.15) is 49.2 Å². The van der Waals surface area contributed by atoms with E-state index in [9.17, 15) is 0 Å². The summed E-state index contributed by atoms with van der Waals surface area (Å²) in [6.07, 6.45) is 8.48. The first-order valence-corrected chi connectivity index (χ1v) is 11.1. The van der Waals surface area contributed by atoms with Crippen LogP contribution in [0.5, 0.6) is 0 Å². The summed E-state index contributed by atoms with van der Waals surface area (Å²) in [5.41, 5.74) is 8.36. The van der Waals surface area contributed by atoms with Crippen molar-refractivity contribution in [2.45, 2.75) is 39.5 Å². The number of aryl methyl sites for hydroxylation is 2. The molecule has 4 heteroatoms. The molecule has 4 rings (SSSR count). The Bertz CT molecular complexity index is 1190. The maximum absolute atomic E-state index is 9.11. The van der Waals surface area contributed by atoms with E-state index in [4.69, 9.17) is 10.5 Å². The molecule has 0 saturated carbocycles. The van der Waals surface area contributed by atoms with Crippen molar-refractivity contribution in [2.75, 3.05) is 0 Å². The van der Waals surface area contributed by atoms with Gasteiger partial charge in [-0.15, -0.1) is 0 Å². The minimum Gasteiger partial charge on any atom is -0.320 e. The summed E-state index contributed by atoms with van der Waals surface area (Å²) < 4.78 is 4.47. The molecule has 0 spiro atoms. The summed E-state index contributed by atoms with van der Waals surface area (Å²) >= 11 is 0. The van der Waals surface area contributed by atoms with Gasteiger partial charge in [-0.25, -0.2) is 0 Å². The topological polar surface area (TPSA) is 57.4 Å². The van der Waals surface area contributed by atoms with Gasteiger partial charge in [-0.3, -0.25) is 0 Å². The lowest BCUT2D eigenvalue weighted by molar-refractivity contribution is 0.843. The van der Waals surface area contributed by atoms with Gasteiger partial charge in [0.15, 0.2) is 0 Å². The highest BCUT2D eigenvalue weighted by molar-refractivity contribution is 5.66. The summed E-state index contributed by atoms with van der Waals surface area (Å²) in [6, 6.07) is 24.4. The van der Waals surface area contributed by atoms with Gasteiger partial charge in [0.2, 0.25) is 0 Å². The van der Waals surface area contributed by atoms with Crippen LogP contribution in [-0.4, -0.2) is 9.13 Å². The molecule has 4 nitrogen and oxygen atoms in total. The second-order valence-electron chi connectivity index (χ2n) is 8.00. The third-order valence-corrected chi connectivity index (χ3v) is 5.69. The Morgan fingerprint density at radius 1 is 0.625 bits per heavy atom. The summed E-state index contributed by atoms with van der Waals surface area (Å²) in [5.74, 6) is 0. The van der Waals surface area contributed by atoms with E-state index in [2.05, 4.69) is 59.6 Å². The Morgan fingerprint density at radius 2 is 1.00 bits per heavy atom. The number of benzene rings is 2. The van der Waals surface area contributed by atoms with Gasteiger partial charge in [0.05, 0.1) is 23.3 Å². The Morgan fingerprint density at radius 3 is 1.31 bits per heavy atom. The largest absolute Gasteiger partial charge is 0.320 e. The van der Waals surface area contributed by atoms with Crippen molar-refractivity contribution >= 4 is 0 Å². The van der Waals surface area contributed by atoms with Gasteiger partial charge in [0, 0.05) is 46.3 Å². The molecule has 0 aliphatic heterocycles. The van der Waals surface area contributed by atoms with Crippen LogP contribution < -0.4 is 0 Å². The van der Waals surface area contributed by atoms with Crippen molar-refractivity contribution in [1.29, 1.82) is 10.5 Å². The van der Waals surface area contributed by atoms with Gasteiger partial charge >= 0.3 is 0 Å². The minimum atomic E-state index is 0.668. The van der Waals surface area contributed by atoms with E-state index in [0.717, 1.165) is 37.1 Å². The number of hydrogen-bond donors (Lipinski definition) is 0. The monoisotopic (exact) mass is 418 g/mol. The van der Waals surface area contributed by atoms with Crippen LogP contribution in [0.25, 0.3) is 22.5 Å². The van der Waals surface area contributed by atoms with E-state index in [0.29, 0.717) is 11.1 Å². The molecule has 2 heterocycles. The van der Waals surface area contributed by atoms with Crippen LogP contribution in [-0.2, 0) is 12.8 Å². The Labute approximate surface area is 189 Å². The predicted octanol–water partition coefficient (Wildman–Crippen LogP) is 6.58. The summed E-state index contributed by atoms with van der Waals surface area (Å²) in [6.45, 7) is 4.38. The normalized spacial score (nSPS) is 10.6. The van der Waals surface area contributed by atoms with Crippen molar-refractivity contribution in [1.82, 2.24) is 9.13 Å². The molecule has 32 heavy (non-hydrogen) atoms. The van der Waals surface area contributed by atoms with Crippen molar-refractivity contribution in [3.05, 3.63) is 95.6 Å². The zero-order valence-corrected chi connectivity index (χ0v) is 18.5. The molecule has 0 fully saturated rings. The third kappa shape index (κ3) is 4.22. The molecular weight excluding hydrogens is 392 g/mol. The fourth-order valence-corrected chi connectivity index (χ4v) is 4.10. The fraction of sp³-hybridized carbons (Fsp3) is 0.214. The van der Waals surface area contributed by atoms with Gasteiger partial charge in [-0.1, -0.05) is 26.7 Å². The first-order chi connectivity index (χ1) is 15.7. The van der Waals surface area contributed by atoms with Crippen molar-refractivity contribution < 1.29 is 0 Å². The van der Waals surface area contributed by atoms with Crippen molar-refractivity contribution in [3.8, 4) is 34.6 Å². The lowest BCUT2D eigenvalue weighted by Crippen LogP contribution is -1.98. The van der Waals surface area contributed by atoms with Gasteiger partial charge in [0.25, 0.3) is 0 Å². The number of rotatable bonds is 7. The fourth-order valence-electron chi connectivity index (χ4n) is 4.10. The predicted molar refractivity (Wildman–Crippen MR) is 128 cm³/mol. The van der Waals surface area contributed by atoms with Crippen molar-refractivity contribution in [3.63, 3.8) is 0 Å². The Kier molecular flexibility index (Phi) is 6.24. The molecule has 0 N–H and O–H groups in total. The van der Waals surface area contributed by atoms with Crippen LogP contribution >= 0.6 is 0 Å². The molecule has 2 aromatic carbocycles. The molecule has 0 saturated heterocycles. The molecule has 2 aromatic heterocycles. The highest BCUT2D eigenvalue weighted by atomic mass is 15.0. The lowest BCUT2D eigenvalue weighted by atomic mass is 10.1. The minimum absolute atomic E-state index is 0.668. The molecule has 0 unspecified atom stereocenters. The van der Waals surface area contributed by atoms with E-state index < -0.39 is 0 Å². The van der Waals surface area contributed by atoms with Gasteiger partial charge < -0.3 is 9.13 Å². The first-order valence-electron chi connectivity index (χ1n) is 11.1. The SMILES string of the molecule is CCCc1cc(-c2cc(CCC)n(-c3ccc(C#N)cc3)c2)cn1-c1ccc(C#N)cc1. The second kappa shape index (κ2) is 9.41. The van der Waals surface area contributed by atoms with E-state index >= 15 is 0 Å². The van der Waals surface area contributed by atoms with E-state index in [1.165, 1.54) is 22.5 Å². The van der Waals surface area contributed by atoms with Crippen LogP contribution in [0.3, 0.4) is 0 Å². The highest BCUT2D eigenvalue weighted by Gasteiger charge is 2.13. The van der Waals surface area contributed by atoms with E-state index in [1.807, 2.05) is 48.5 Å². The first kappa shape index (κ1) is 21.2. The highest BCUT2D eigenvalue weighted by Crippen LogP contribution is 2.30. The van der Waals surface area contributed by atoms with Gasteiger partial charge in [0.1, 0.15) is 0 Å². The summed E-state index contributed by atoms with van der Waals surface area (Å²) in [4.78, 5) is 0. The zero-order chi connectivity index (χ0) is 22.5. The smallest absolute Gasteiger partial charge is 0.0991 e. The van der Waals surface area contributed by atoms with Crippen molar-refractivity contribution in [2.24, 2.45) is 0 Å². The Balaban J connectivity index is 1.77. The van der Waals surface area contributed by atoms with Gasteiger partial charge in [-0.2, -0.15) is 10.5 Å². The van der Waals surface area contributed by atoms with E-state index in [1.54, 1.807) is 0 Å². The van der Waals surface area contributed by atoms with Crippen LogP contribution in [0.2, 0.25) is 0 Å². The quantitative estimate of drug-likeness (QED) is 0.340. The molecule has 0 amide bonds. The maximum atomic E-state index is 9.11. The average molecular weight is 419 g/mol. The molecule has 0 atom stereocenters. The third-order valence-electron chi connectivity index (χ3n) is 5.69. The Hall–Kier alpha value is -4.02. The molecule has 158 valence electrons. The van der Waals surface area contributed by atoms with E-state index in [-0.39, 0.29) is 0 Å². The standard InChI is InChI=1S/C28H26N4/c1-3-5-27-15-23(19-31(27)25-11-7-21(17-29)8-12-25)24-16-28(6-4-2)32(20-24)26-13-9-22(18-30)10-14-26/h7-16,19-20H,3-6H2,1-2H3. The number of aromatic nitrogens is 2. The van der Waals surface area contributed by atoms with Crippen LogP contribution in [0.4, 0.5) is 0 Å². The average Bonchev–Trinajstić information content (AvgIpc) is 3.44. The van der Waals surface area contributed by atoms with Crippen LogP contribution in [0, 0.1) is 22.7 Å². The number of hydrogen-bond acceptors (Lipinski definition) is 2. The molecule has 4 aromatic rings. The molecular formula is C28H26N4. The number of nitriles is 2. The zero-order valence-electron chi connectivity index (χ0n) is 18.5. The molecule has 0 bridgehead atoms. The molecule has 0 aliphatic rings. The number of nitrogens with zero attached hydrogens (tertiary/aromatic N) is 4. The van der Waals surface area contributed by atoms with Crippen LogP contribution in [0.15, 0.2) is 73.1 Å². The second-order valence-corrected chi connectivity index (χ2v) is 8.00.